The van der Waals surface area contributed by atoms with Crippen LogP contribution < -0.4 is 0 Å². The molecule has 1 amide bonds. The highest BCUT2D eigenvalue weighted by atomic mass is 19.3. The van der Waals surface area contributed by atoms with E-state index < -0.39 is 6.43 Å². The van der Waals surface area contributed by atoms with Crippen LogP contribution in [0.3, 0.4) is 0 Å². The van der Waals surface area contributed by atoms with Crippen molar-refractivity contribution >= 4 is 11.7 Å². The summed E-state index contributed by atoms with van der Waals surface area (Å²) in [5.41, 5.74) is 0.290. The highest BCUT2D eigenvalue weighted by Crippen LogP contribution is 2.29. The molecular formula is C14H17F2N5O2. The van der Waals surface area contributed by atoms with Gasteiger partial charge in [0.1, 0.15) is 18.6 Å². The molecule has 1 saturated heterocycles. The van der Waals surface area contributed by atoms with Gasteiger partial charge >= 0.3 is 0 Å². The average molecular weight is 325 g/mol. The Balaban J connectivity index is 1.88. The summed E-state index contributed by atoms with van der Waals surface area (Å²) in [6.07, 6.45) is 0.115. The molecule has 1 aliphatic rings. The molecule has 1 unspecified atom stereocenters. The molecule has 9 heteroatoms. The van der Waals surface area contributed by atoms with Crippen LogP contribution in [0.2, 0.25) is 0 Å². The Morgan fingerprint density at radius 1 is 1.52 bits per heavy atom. The first-order valence-electron chi connectivity index (χ1n) is 7.35. The van der Waals surface area contributed by atoms with Crippen LogP contribution in [0.15, 0.2) is 12.4 Å². The largest absolute Gasteiger partial charge is 0.375 e. The van der Waals surface area contributed by atoms with Crippen molar-refractivity contribution in [3.05, 3.63) is 23.8 Å². The first kappa shape index (κ1) is 15.7. The highest BCUT2D eigenvalue weighted by Gasteiger charge is 2.27. The van der Waals surface area contributed by atoms with E-state index >= 15 is 0 Å². The molecule has 124 valence electrons. The second-order valence-corrected chi connectivity index (χ2v) is 5.49. The molecule has 7 nitrogen and oxygen atoms in total. The number of nitrogens with zero attached hydrogens (tertiary/aromatic N) is 5. The van der Waals surface area contributed by atoms with E-state index in [-0.39, 0.29) is 29.9 Å². The monoisotopic (exact) mass is 325 g/mol. The van der Waals surface area contributed by atoms with Crippen LogP contribution in [0.25, 0.3) is 5.78 Å². The second kappa shape index (κ2) is 6.53. The average Bonchev–Trinajstić information content (AvgIpc) is 3.02. The van der Waals surface area contributed by atoms with Gasteiger partial charge in [-0.15, -0.1) is 0 Å². The number of hydrogen-bond acceptors (Lipinski definition) is 5. The normalized spacial score (nSPS) is 18.8. The molecule has 3 rings (SSSR count). The summed E-state index contributed by atoms with van der Waals surface area (Å²) < 4.78 is 32.4. The lowest BCUT2D eigenvalue weighted by Gasteiger charge is -2.32. The van der Waals surface area contributed by atoms with Crippen molar-refractivity contribution in [3.63, 3.8) is 0 Å². The molecule has 3 heterocycles. The minimum Gasteiger partial charge on any atom is -0.375 e. The van der Waals surface area contributed by atoms with Crippen LogP contribution in [-0.2, 0) is 9.53 Å². The maximum Gasteiger partial charge on any atom is 0.280 e. The molecule has 2 aromatic heterocycles. The number of carbonyl (C=O) groups excluding carboxylic acids is 1. The number of ether oxygens (including phenoxy) is 1. The molecule has 0 radical (unpaired) electrons. The third kappa shape index (κ3) is 3.14. The van der Waals surface area contributed by atoms with Crippen LogP contribution >= 0.6 is 0 Å². The van der Waals surface area contributed by atoms with Gasteiger partial charge in [0.2, 0.25) is 5.91 Å². The van der Waals surface area contributed by atoms with Crippen molar-refractivity contribution in [1.82, 2.24) is 24.5 Å². The number of likely N-dealkylation sites (tertiary alicyclic amines) is 1. The summed E-state index contributed by atoms with van der Waals surface area (Å²) in [6, 6.07) is 1.36. The zero-order chi connectivity index (χ0) is 16.4. The van der Waals surface area contributed by atoms with Crippen molar-refractivity contribution in [2.45, 2.75) is 25.2 Å². The Labute approximate surface area is 131 Å². The minimum atomic E-state index is -2.67. The lowest BCUT2D eigenvalue weighted by atomic mass is 9.94. The molecule has 0 aliphatic carbocycles. The van der Waals surface area contributed by atoms with Gasteiger partial charge in [0.05, 0.1) is 5.69 Å². The molecule has 0 saturated carbocycles. The van der Waals surface area contributed by atoms with Crippen LogP contribution in [0.4, 0.5) is 8.78 Å². The number of alkyl halides is 2. The zero-order valence-electron chi connectivity index (χ0n) is 12.7. The number of hydrogen-bond donors (Lipinski definition) is 0. The summed E-state index contributed by atoms with van der Waals surface area (Å²) in [5.74, 6) is -0.0447. The molecule has 1 atom stereocenters. The maximum atomic E-state index is 13.2. The Kier molecular flexibility index (Phi) is 4.46. The Morgan fingerprint density at radius 3 is 3.09 bits per heavy atom. The zero-order valence-corrected chi connectivity index (χ0v) is 12.7. The van der Waals surface area contributed by atoms with Crippen molar-refractivity contribution in [3.8, 4) is 0 Å². The number of halogens is 2. The fourth-order valence-electron chi connectivity index (χ4n) is 2.88. The standard InChI is InChI=1S/C14H17F2N5O2/c1-23-7-12(22)20-4-2-3-9(6-20)10-5-11(13(15)16)21-14(19-10)17-8-18-21/h5,8-9,13H,2-4,6-7H2,1H3. The second-order valence-electron chi connectivity index (χ2n) is 5.49. The van der Waals surface area contributed by atoms with E-state index in [9.17, 15) is 13.6 Å². The number of carbonyl (C=O) groups is 1. The van der Waals surface area contributed by atoms with E-state index in [2.05, 4.69) is 15.1 Å². The first-order valence-corrected chi connectivity index (χ1v) is 7.35. The summed E-state index contributed by atoms with van der Waals surface area (Å²) in [6.45, 7) is 1.11. The first-order chi connectivity index (χ1) is 11.1. The molecule has 2 aromatic rings. The van der Waals surface area contributed by atoms with Crippen LogP contribution in [0.1, 0.15) is 36.6 Å². The SMILES string of the molecule is COCC(=O)N1CCCC(c2cc(C(F)F)n3ncnc3n2)C1. The molecule has 0 spiro atoms. The van der Waals surface area contributed by atoms with Crippen molar-refractivity contribution in [1.29, 1.82) is 0 Å². The van der Waals surface area contributed by atoms with Gasteiger partial charge in [-0.3, -0.25) is 4.79 Å². The predicted octanol–water partition coefficient (Wildman–Crippen LogP) is 1.41. The molecule has 0 aromatic carbocycles. The van der Waals surface area contributed by atoms with Crippen molar-refractivity contribution < 1.29 is 18.3 Å². The molecular weight excluding hydrogens is 308 g/mol. The Hall–Kier alpha value is -2.16. The van der Waals surface area contributed by atoms with E-state index in [1.165, 1.54) is 19.5 Å². The lowest BCUT2D eigenvalue weighted by molar-refractivity contribution is -0.136. The predicted molar refractivity (Wildman–Crippen MR) is 76.2 cm³/mol. The number of piperidine rings is 1. The van der Waals surface area contributed by atoms with Crippen LogP contribution in [0, 0.1) is 0 Å². The van der Waals surface area contributed by atoms with Crippen LogP contribution in [-0.4, -0.2) is 57.2 Å². The van der Waals surface area contributed by atoms with E-state index in [0.717, 1.165) is 17.4 Å². The van der Waals surface area contributed by atoms with Gasteiger partial charge in [0.15, 0.2) is 0 Å². The quantitative estimate of drug-likeness (QED) is 0.850. The van der Waals surface area contributed by atoms with Crippen molar-refractivity contribution in [2.24, 2.45) is 0 Å². The topological polar surface area (TPSA) is 72.6 Å². The molecule has 1 aliphatic heterocycles. The van der Waals surface area contributed by atoms with Gasteiger partial charge < -0.3 is 9.64 Å². The maximum absolute atomic E-state index is 13.2. The number of methoxy groups -OCH3 is 1. The molecule has 0 N–H and O–H groups in total. The summed E-state index contributed by atoms with van der Waals surface area (Å²) in [4.78, 5) is 21.9. The third-order valence-electron chi connectivity index (χ3n) is 3.98. The van der Waals surface area contributed by atoms with Gasteiger partial charge in [-0.25, -0.2) is 13.8 Å². The van der Waals surface area contributed by atoms with E-state index in [1.807, 2.05) is 0 Å². The van der Waals surface area contributed by atoms with Gasteiger partial charge in [0, 0.05) is 26.1 Å². The van der Waals surface area contributed by atoms with Gasteiger partial charge in [-0.1, -0.05) is 0 Å². The molecule has 23 heavy (non-hydrogen) atoms. The number of rotatable bonds is 4. The van der Waals surface area contributed by atoms with E-state index in [4.69, 9.17) is 4.74 Å². The van der Waals surface area contributed by atoms with E-state index in [1.54, 1.807) is 4.90 Å². The molecule has 1 fully saturated rings. The number of amides is 1. The number of fused-ring (bicyclic) bond motifs is 1. The van der Waals surface area contributed by atoms with Gasteiger partial charge in [-0.05, 0) is 18.9 Å². The molecule has 0 bridgehead atoms. The van der Waals surface area contributed by atoms with Crippen molar-refractivity contribution in [2.75, 3.05) is 26.8 Å². The third-order valence-corrected chi connectivity index (χ3v) is 3.98. The van der Waals surface area contributed by atoms with Crippen LogP contribution in [0.5, 0.6) is 0 Å². The summed E-state index contributed by atoms with van der Waals surface area (Å²) >= 11 is 0. The summed E-state index contributed by atoms with van der Waals surface area (Å²) in [5, 5.41) is 3.78. The highest BCUT2D eigenvalue weighted by molar-refractivity contribution is 5.77. The minimum absolute atomic E-state index is 0.0195. The Morgan fingerprint density at radius 2 is 2.35 bits per heavy atom. The van der Waals surface area contributed by atoms with E-state index in [0.29, 0.717) is 18.8 Å². The fraction of sp³-hybridized carbons (Fsp3) is 0.571. The fourth-order valence-corrected chi connectivity index (χ4v) is 2.88. The lowest BCUT2D eigenvalue weighted by Crippen LogP contribution is -2.41. The smallest absolute Gasteiger partial charge is 0.280 e. The van der Waals surface area contributed by atoms with Gasteiger partial charge in [0.25, 0.3) is 12.2 Å². The Bertz CT molecular complexity index is 706. The summed E-state index contributed by atoms with van der Waals surface area (Å²) in [7, 11) is 1.47. The van der Waals surface area contributed by atoms with Gasteiger partial charge in [-0.2, -0.15) is 14.6 Å². The number of aromatic nitrogens is 4.